The molecule has 1 fully saturated rings. The van der Waals surface area contributed by atoms with Gasteiger partial charge < -0.3 is 5.32 Å². The molecule has 0 atom stereocenters. The van der Waals surface area contributed by atoms with E-state index in [1.807, 2.05) is 0 Å². The summed E-state index contributed by atoms with van der Waals surface area (Å²) in [5.41, 5.74) is 1.30. The number of halogens is 1. The zero-order chi connectivity index (χ0) is 17.2. The molecule has 1 aliphatic rings. The number of carbonyl (C=O) groups excluding carboxylic acids is 1. The average Bonchev–Trinajstić information content (AvgIpc) is 3.33. The van der Waals surface area contributed by atoms with Gasteiger partial charge in [-0.3, -0.25) is 9.52 Å². The van der Waals surface area contributed by atoms with Gasteiger partial charge in [-0.25, -0.2) is 8.42 Å². The molecule has 0 aliphatic heterocycles. The molecule has 0 heterocycles. The molecule has 1 aliphatic carbocycles. The summed E-state index contributed by atoms with van der Waals surface area (Å²) >= 11 is 3.25. The van der Waals surface area contributed by atoms with Crippen LogP contribution in [0.25, 0.3) is 0 Å². The van der Waals surface area contributed by atoms with E-state index >= 15 is 0 Å². The van der Waals surface area contributed by atoms with Crippen LogP contribution in [0.5, 0.6) is 0 Å². The fourth-order valence-electron chi connectivity index (χ4n) is 2.26. The normalized spacial score (nSPS) is 14.2. The predicted octanol–water partition coefficient (Wildman–Crippen LogP) is 3.07. The zero-order valence-corrected chi connectivity index (χ0v) is 15.2. The van der Waals surface area contributed by atoms with Crippen molar-refractivity contribution in [1.82, 2.24) is 5.32 Å². The van der Waals surface area contributed by atoms with E-state index in [1.165, 1.54) is 6.07 Å². The summed E-state index contributed by atoms with van der Waals surface area (Å²) in [4.78, 5) is 11.9. The monoisotopic (exact) mass is 408 g/mol. The minimum absolute atomic E-state index is 0.000883. The minimum atomic E-state index is -3.66. The van der Waals surface area contributed by atoms with Gasteiger partial charge in [0.2, 0.25) is 5.91 Å². The highest BCUT2D eigenvalue weighted by atomic mass is 79.9. The van der Waals surface area contributed by atoms with Crippen molar-refractivity contribution in [2.45, 2.75) is 30.2 Å². The lowest BCUT2D eigenvalue weighted by Crippen LogP contribution is -2.26. The maximum absolute atomic E-state index is 12.4. The number of benzene rings is 2. The Kier molecular flexibility index (Phi) is 4.91. The summed E-state index contributed by atoms with van der Waals surface area (Å²) in [6.45, 7) is 0. The molecule has 0 radical (unpaired) electrons. The Labute approximate surface area is 149 Å². The van der Waals surface area contributed by atoms with Crippen LogP contribution in [-0.4, -0.2) is 20.4 Å². The number of rotatable bonds is 6. The predicted molar refractivity (Wildman–Crippen MR) is 96.3 cm³/mol. The molecular weight excluding hydrogens is 392 g/mol. The first-order valence-corrected chi connectivity index (χ1v) is 9.87. The Bertz CT molecular complexity index is 846. The van der Waals surface area contributed by atoms with Gasteiger partial charge in [0.1, 0.15) is 4.90 Å². The number of sulfonamides is 1. The van der Waals surface area contributed by atoms with E-state index in [1.54, 1.807) is 42.5 Å². The second-order valence-electron chi connectivity index (χ2n) is 5.75. The van der Waals surface area contributed by atoms with E-state index in [2.05, 4.69) is 26.0 Å². The van der Waals surface area contributed by atoms with E-state index in [-0.39, 0.29) is 10.8 Å². The first-order chi connectivity index (χ1) is 11.4. The van der Waals surface area contributed by atoms with E-state index in [4.69, 9.17) is 0 Å². The van der Waals surface area contributed by atoms with Gasteiger partial charge in [-0.05, 0) is 58.6 Å². The largest absolute Gasteiger partial charge is 0.353 e. The molecule has 1 amide bonds. The summed E-state index contributed by atoms with van der Waals surface area (Å²) in [7, 11) is -3.66. The van der Waals surface area contributed by atoms with Crippen molar-refractivity contribution in [3.05, 3.63) is 58.6 Å². The molecule has 0 spiro atoms. The number of hydrogen-bond donors (Lipinski definition) is 2. The Morgan fingerprint density at radius 1 is 1.08 bits per heavy atom. The summed E-state index contributed by atoms with van der Waals surface area (Å²) in [6, 6.07) is 13.8. The van der Waals surface area contributed by atoms with E-state index in [0.29, 0.717) is 22.6 Å². The number of carbonyl (C=O) groups is 1. The van der Waals surface area contributed by atoms with Crippen molar-refractivity contribution in [3.63, 3.8) is 0 Å². The van der Waals surface area contributed by atoms with Crippen LogP contribution in [-0.2, 0) is 21.2 Å². The average molecular weight is 409 g/mol. The lowest BCUT2D eigenvalue weighted by Gasteiger charge is -2.10. The highest BCUT2D eigenvalue weighted by Gasteiger charge is 2.23. The van der Waals surface area contributed by atoms with Crippen molar-refractivity contribution >= 4 is 37.5 Å². The summed E-state index contributed by atoms with van der Waals surface area (Å²) in [6.07, 6.45) is 2.41. The Balaban J connectivity index is 1.67. The van der Waals surface area contributed by atoms with Crippen LogP contribution in [0.2, 0.25) is 0 Å². The molecule has 2 aromatic carbocycles. The van der Waals surface area contributed by atoms with Gasteiger partial charge in [0.15, 0.2) is 0 Å². The summed E-state index contributed by atoms with van der Waals surface area (Å²) in [5, 5.41) is 2.93. The van der Waals surface area contributed by atoms with Crippen LogP contribution in [0.1, 0.15) is 18.4 Å². The molecular formula is C17H17BrN2O3S. The van der Waals surface area contributed by atoms with Crippen molar-refractivity contribution in [1.29, 1.82) is 0 Å². The van der Waals surface area contributed by atoms with Gasteiger partial charge in [-0.1, -0.05) is 24.3 Å². The van der Waals surface area contributed by atoms with E-state index in [9.17, 15) is 13.2 Å². The third kappa shape index (κ3) is 4.36. The second kappa shape index (κ2) is 6.94. The molecule has 0 saturated heterocycles. The fraction of sp³-hybridized carbons (Fsp3) is 0.235. The van der Waals surface area contributed by atoms with Gasteiger partial charge in [-0.2, -0.15) is 0 Å². The SMILES string of the molecule is O=C(Cc1ccc(NS(=O)(=O)c2ccccc2Br)cc1)NC1CC1. The molecule has 24 heavy (non-hydrogen) atoms. The molecule has 5 nitrogen and oxygen atoms in total. The molecule has 2 N–H and O–H groups in total. The molecule has 0 unspecified atom stereocenters. The van der Waals surface area contributed by atoms with Crippen LogP contribution in [0.4, 0.5) is 5.69 Å². The number of nitrogens with one attached hydrogen (secondary N) is 2. The highest BCUT2D eigenvalue weighted by Crippen LogP contribution is 2.24. The lowest BCUT2D eigenvalue weighted by molar-refractivity contribution is -0.120. The minimum Gasteiger partial charge on any atom is -0.353 e. The van der Waals surface area contributed by atoms with Gasteiger partial charge in [0, 0.05) is 16.2 Å². The number of amides is 1. The van der Waals surface area contributed by atoms with Crippen LogP contribution in [0.15, 0.2) is 57.9 Å². The van der Waals surface area contributed by atoms with Gasteiger partial charge in [0.25, 0.3) is 10.0 Å². The lowest BCUT2D eigenvalue weighted by atomic mass is 10.1. The molecule has 0 bridgehead atoms. The standard InChI is InChI=1S/C17H17BrN2O3S/c18-15-3-1-2-4-16(15)24(22,23)20-14-7-5-12(6-8-14)11-17(21)19-13-9-10-13/h1-8,13,20H,9-11H2,(H,19,21). The van der Waals surface area contributed by atoms with Crippen LogP contribution in [0, 0.1) is 0 Å². The molecule has 1 saturated carbocycles. The van der Waals surface area contributed by atoms with Gasteiger partial charge in [0.05, 0.1) is 6.42 Å². The van der Waals surface area contributed by atoms with Crippen LogP contribution < -0.4 is 10.0 Å². The molecule has 0 aromatic heterocycles. The first-order valence-electron chi connectivity index (χ1n) is 7.60. The third-order valence-corrected chi connectivity index (χ3v) is 6.03. The Morgan fingerprint density at radius 2 is 1.75 bits per heavy atom. The number of anilines is 1. The first kappa shape index (κ1) is 17.0. The van der Waals surface area contributed by atoms with Gasteiger partial charge in [-0.15, -0.1) is 0 Å². The summed E-state index contributed by atoms with van der Waals surface area (Å²) in [5.74, 6) is -0.000883. The van der Waals surface area contributed by atoms with Gasteiger partial charge >= 0.3 is 0 Å². The van der Waals surface area contributed by atoms with Crippen LogP contribution in [0.3, 0.4) is 0 Å². The molecule has 126 valence electrons. The van der Waals surface area contributed by atoms with E-state index < -0.39 is 10.0 Å². The second-order valence-corrected chi connectivity index (χ2v) is 8.26. The smallest absolute Gasteiger partial charge is 0.263 e. The molecule has 3 rings (SSSR count). The number of hydrogen-bond acceptors (Lipinski definition) is 3. The topological polar surface area (TPSA) is 75.3 Å². The van der Waals surface area contributed by atoms with Crippen molar-refractivity contribution in [3.8, 4) is 0 Å². The molecule has 7 heteroatoms. The maximum atomic E-state index is 12.4. The Hall–Kier alpha value is -1.86. The van der Waals surface area contributed by atoms with Crippen molar-refractivity contribution in [2.24, 2.45) is 0 Å². The Morgan fingerprint density at radius 3 is 2.38 bits per heavy atom. The maximum Gasteiger partial charge on any atom is 0.263 e. The van der Waals surface area contributed by atoms with E-state index in [0.717, 1.165) is 18.4 Å². The third-order valence-electron chi connectivity index (χ3n) is 3.64. The quantitative estimate of drug-likeness (QED) is 0.770. The fourth-order valence-corrected chi connectivity index (χ4v) is 4.32. The summed E-state index contributed by atoms with van der Waals surface area (Å²) < 4.78 is 27.9. The molecule has 2 aromatic rings. The van der Waals surface area contributed by atoms with Crippen LogP contribution >= 0.6 is 15.9 Å². The highest BCUT2D eigenvalue weighted by molar-refractivity contribution is 9.10. The van der Waals surface area contributed by atoms with Crippen molar-refractivity contribution < 1.29 is 13.2 Å². The zero-order valence-electron chi connectivity index (χ0n) is 12.8. The van der Waals surface area contributed by atoms with Crippen molar-refractivity contribution in [2.75, 3.05) is 4.72 Å².